The minimum atomic E-state index is -0.358. The van der Waals surface area contributed by atoms with Gasteiger partial charge in [0.25, 0.3) is 0 Å². The molecule has 31 heavy (non-hydrogen) atoms. The van der Waals surface area contributed by atoms with Gasteiger partial charge in [0.2, 0.25) is 5.91 Å². The second-order valence-electron chi connectivity index (χ2n) is 9.70. The highest BCUT2D eigenvalue weighted by molar-refractivity contribution is 5.92. The van der Waals surface area contributed by atoms with Crippen LogP contribution in [-0.2, 0) is 4.74 Å². The quantitative estimate of drug-likeness (QED) is 0.709. The number of fused-ring (bicyclic) bond motifs is 2. The van der Waals surface area contributed by atoms with Crippen molar-refractivity contribution in [2.24, 2.45) is 11.7 Å². The molecule has 3 atom stereocenters. The van der Waals surface area contributed by atoms with E-state index in [4.69, 9.17) is 10.5 Å². The molecule has 4 rings (SSSR count). The first-order chi connectivity index (χ1) is 15.0. The molecule has 6 nitrogen and oxygen atoms in total. The van der Waals surface area contributed by atoms with Crippen LogP contribution in [0.4, 0.5) is 4.79 Å². The molecule has 0 spiro atoms. The molecule has 2 heterocycles. The van der Waals surface area contributed by atoms with Crippen molar-refractivity contribution in [3.8, 4) is 0 Å². The number of methoxy groups -OCH3 is 1. The summed E-state index contributed by atoms with van der Waals surface area (Å²) in [5, 5.41) is 0. The van der Waals surface area contributed by atoms with Crippen molar-refractivity contribution >= 4 is 12.0 Å². The third-order valence-electron chi connectivity index (χ3n) is 7.79. The van der Waals surface area contributed by atoms with Crippen molar-refractivity contribution in [3.05, 3.63) is 35.4 Å². The van der Waals surface area contributed by atoms with Gasteiger partial charge in [-0.05, 0) is 68.1 Å². The van der Waals surface area contributed by atoms with Crippen molar-refractivity contribution in [3.63, 3.8) is 0 Å². The number of piperidine rings is 1. The molecule has 0 radical (unpaired) electrons. The normalized spacial score (nSPS) is 26.5. The number of nitrogens with zero attached hydrogens (tertiary/aromatic N) is 2. The Morgan fingerprint density at radius 3 is 2.45 bits per heavy atom. The number of hydrogen-bond acceptors (Lipinski definition) is 4. The Morgan fingerprint density at radius 1 is 1.10 bits per heavy atom. The van der Waals surface area contributed by atoms with E-state index in [0.717, 1.165) is 32.5 Å². The van der Waals surface area contributed by atoms with Gasteiger partial charge in [-0.1, -0.05) is 31.4 Å². The largest absolute Gasteiger partial charge is 0.453 e. The lowest BCUT2D eigenvalue weighted by Gasteiger charge is -2.40. The Morgan fingerprint density at radius 2 is 1.81 bits per heavy atom. The number of benzene rings is 1. The zero-order chi connectivity index (χ0) is 21.8. The van der Waals surface area contributed by atoms with Gasteiger partial charge in [0.15, 0.2) is 0 Å². The van der Waals surface area contributed by atoms with E-state index in [0.29, 0.717) is 29.5 Å². The first kappa shape index (κ1) is 22.1. The van der Waals surface area contributed by atoms with Crippen LogP contribution in [0.3, 0.4) is 0 Å². The van der Waals surface area contributed by atoms with Crippen molar-refractivity contribution in [2.75, 3.05) is 26.7 Å². The molecule has 2 N–H and O–H groups in total. The Balaban J connectivity index is 1.36. The molecule has 1 unspecified atom stereocenters. The van der Waals surface area contributed by atoms with Gasteiger partial charge in [0, 0.05) is 37.3 Å². The number of amides is 2. The smallest absolute Gasteiger partial charge is 0.409 e. The predicted molar refractivity (Wildman–Crippen MR) is 121 cm³/mol. The zero-order valence-corrected chi connectivity index (χ0v) is 18.8. The first-order valence-electron chi connectivity index (χ1n) is 12.0. The van der Waals surface area contributed by atoms with Gasteiger partial charge in [0.05, 0.1) is 7.11 Å². The van der Waals surface area contributed by atoms with E-state index in [9.17, 15) is 9.59 Å². The zero-order valence-electron chi connectivity index (χ0n) is 18.8. The van der Waals surface area contributed by atoms with E-state index in [1.165, 1.54) is 57.6 Å². The summed E-state index contributed by atoms with van der Waals surface area (Å²) in [7, 11) is 1.49. The topological polar surface area (TPSA) is 75.9 Å². The fourth-order valence-corrected chi connectivity index (χ4v) is 6.16. The van der Waals surface area contributed by atoms with E-state index >= 15 is 0 Å². The maximum absolute atomic E-state index is 12.4. The molecule has 170 valence electrons. The predicted octanol–water partition coefficient (Wildman–Crippen LogP) is 4.14. The lowest BCUT2D eigenvalue weighted by molar-refractivity contribution is 0.0835. The molecule has 1 aliphatic carbocycles. The average molecular weight is 428 g/mol. The van der Waals surface area contributed by atoms with E-state index in [2.05, 4.69) is 11.0 Å². The Hall–Kier alpha value is -2.08. The number of rotatable bonds is 7. The van der Waals surface area contributed by atoms with Gasteiger partial charge in [-0.15, -0.1) is 0 Å². The summed E-state index contributed by atoms with van der Waals surface area (Å²) in [6.07, 6.45) is 10.8. The molecule has 2 aliphatic heterocycles. The van der Waals surface area contributed by atoms with Crippen LogP contribution >= 0.6 is 0 Å². The molecule has 2 saturated heterocycles. The summed E-state index contributed by atoms with van der Waals surface area (Å²) in [6, 6.07) is 8.96. The van der Waals surface area contributed by atoms with Crippen molar-refractivity contribution < 1.29 is 14.3 Å². The van der Waals surface area contributed by atoms with Crippen molar-refractivity contribution in [1.82, 2.24) is 9.80 Å². The summed E-state index contributed by atoms with van der Waals surface area (Å²) >= 11 is 0. The van der Waals surface area contributed by atoms with Crippen LogP contribution < -0.4 is 5.73 Å². The van der Waals surface area contributed by atoms with Crippen LogP contribution in [0.1, 0.15) is 79.6 Å². The highest BCUT2D eigenvalue weighted by Gasteiger charge is 2.41. The fraction of sp³-hybridized carbons (Fsp3) is 0.680. The molecule has 2 bridgehead atoms. The molecular formula is C25H37N3O3. The Bertz CT molecular complexity index is 763. The van der Waals surface area contributed by atoms with Gasteiger partial charge in [-0.2, -0.15) is 0 Å². The number of ether oxygens (including phenoxy) is 1. The molecule has 1 aromatic carbocycles. The van der Waals surface area contributed by atoms with Gasteiger partial charge < -0.3 is 15.4 Å². The number of carbonyl (C=O) groups is 2. The number of hydrogen-bond donors (Lipinski definition) is 1. The summed E-state index contributed by atoms with van der Waals surface area (Å²) in [6.45, 7) is 2.50. The van der Waals surface area contributed by atoms with Crippen LogP contribution in [0.15, 0.2) is 24.3 Å². The van der Waals surface area contributed by atoms with Crippen LogP contribution in [0, 0.1) is 5.92 Å². The van der Waals surface area contributed by atoms with Crippen molar-refractivity contribution in [2.45, 2.75) is 75.8 Å². The molecule has 1 aromatic rings. The van der Waals surface area contributed by atoms with Gasteiger partial charge >= 0.3 is 6.09 Å². The maximum Gasteiger partial charge on any atom is 0.409 e. The fourth-order valence-electron chi connectivity index (χ4n) is 6.16. The third kappa shape index (κ3) is 5.22. The summed E-state index contributed by atoms with van der Waals surface area (Å²) < 4.78 is 5.10. The van der Waals surface area contributed by atoms with Gasteiger partial charge in [-0.3, -0.25) is 9.69 Å². The molecule has 3 aliphatic rings. The summed E-state index contributed by atoms with van der Waals surface area (Å²) in [5.41, 5.74) is 7.32. The van der Waals surface area contributed by atoms with Crippen molar-refractivity contribution in [1.29, 1.82) is 0 Å². The molecule has 6 heteroatoms. The van der Waals surface area contributed by atoms with Gasteiger partial charge in [0.1, 0.15) is 0 Å². The third-order valence-corrected chi connectivity index (χ3v) is 7.79. The average Bonchev–Trinajstić information content (AvgIpc) is 3.03. The first-order valence-corrected chi connectivity index (χ1v) is 12.0. The SMILES string of the molecule is COC(=O)N(CCN1[C@@H]2CC[C@H]1CC(c1cccc(C(N)=O)c1)C2)CC1CCCCC1. The second kappa shape index (κ2) is 10.0. The van der Waals surface area contributed by atoms with Crippen LogP contribution in [0.2, 0.25) is 0 Å². The van der Waals surface area contributed by atoms with Gasteiger partial charge in [-0.25, -0.2) is 4.79 Å². The molecule has 2 amide bonds. The second-order valence-corrected chi connectivity index (χ2v) is 9.70. The number of carbonyl (C=O) groups excluding carboxylic acids is 2. The molecular weight excluding hydrogens is 390 g/mol. The van der Waals surface area contributed by atoms with E-state index in [1.54, 1.807) is 6.07 Å². The molecule has 0 aromatic heterocycles. The highest BCUT2D eigenvalue weighted by Crippen LogP contribution is 2.43. The van der Waals surface area contributed by atoms with Crippen LogP contribution in [-0.4, -0.2) is 60.6 Å². The summed E-state index contributed by atoms with van der Waals surface area (Å²) in [4.78, 5) is 28.6. The lowest BCUT2D eigenvalue weighted by Crippen LogP contribution is -2.47. The summed E-state index contributed by atoms with van der Waals surface area (Å²) in [5.74, 6) is 0.739. The van der Waals surface area contributed by atoms with E-state index in [1.807, 2.05) is 17.0 Å². The molecule has 3 fully saturated rings. The Kier molecular flexibility index (Phi) is 7.16. The minimum Gasteiger partial charge on any atom is -0.453 e. The molecule has 1 saturated carbocycles. The Labute approximate surface area is 186 Å². The standard InChI is InChI=1S/C25H37N3O3/c1-31-25(30)27(17-18-6-3-2-4-7-18)12-13-28-22-10-11-23(28)16-21(15-22)19-8-5-9-20(14-19)24(26)29/h5,8-9,14,18,21-23H,2-4,6-7,10-13,15-17H2,1H3,(H2,26,29)/t21?,22-,23+. The number of primary amides is 1. The van der Waals surface area contributed by atoms with Crippen LogP contribution in [0.5, 0.6) is 0 Å². The van der Waals surface area contributed by atoms with E-state index < -0.39 is 0 Å². The number of nitrogens with two attached hydrogens (primary N) is 1. The maximum atomic E-state index is 12.4. The van der Waals surface area contributed by atoms with Crippen LogP contribution in [0.25, 0.3) is 0 Å². The highest BCUT2D eigenvalue weighted by atomic mass is 16.5. The minimum absolute atomic E-state index is 0.184. The lowest BCUT2D eigenvalue weighted by atomic mass is 9.84. The van der Waals surface area contributed by atoms with E-state index in [-0.39, 0.29) is 12.0 Å². The monoisotopic (exact) mass is 427 g/mol.